The molecule has 1 aromatic rings. The summed E-state index contributed by atoms with van der Waals surface area (Å²) in [6.45, 7) is 0.757. The molecule has 2 rings (SSSR count). The van der Waals surface area contributed by atoms with Crippen molar-refractivity contribution in [2.24, 2.45) is 0 Å². The lowest BCUT2D eigenvalue weighted by Gasteiger charge is -2.26. The number of amides is 1. The molecule has 0 aliphatic carbocycles. The number of fused-ring (bicyclic) bond motifs is 1. The summed E-state index contributed by atoms with van der Waals surface area (Å²) in [4.78, 5) is 11.5. The van der Waals surface area contributed by atoms with Crippen LogP contribution in [-0.2, 0) is 6.54 Å². The van der Waals surface area contributed by atoms with E-state index in [-0.39, 0.29) is 5.91 Å². The van der Waals surface area contributed by atoms with Gasteiger partial charge in [-0.2, -0.15) is 0 Å². The average Bonchev–Trinajstić information content (AvgIpc) is 2.18. The Labute approximate surface area is 84.8 Å². The molecule has 1 N–H and O–H groups in total. The molecule has 0 bridgehead atoms. The normalized spacial score (nSPS) is 16.5. The molecule has 1 aliphatic heterocycles. The molecule has 0 unspecified atom stereocenters. The van der Waals surface area contributed by atoms with Crippen LogP contribution in [0.5, 0.6) is 0 Å². The SMILES string of the molecule is O=C1NN(CBr)Cc2ccccc21. The van der Waals surface area contributed by atoms with Gasteiger partial charge in [0.1, 0.15) is 0 Å². The first kappa shape index (κ1) is 8.72. The molecule has 0 saturated heterocycles. The van der Waals surface area contributed by atoms with Gasteiger partial charge in [0, 0.05) is 12.1 Å². The third-order valence-corrected chi connectivity index (χ3v) is 2.63. The molecule has 13 heavy (non-hydrogen) atoms. The van der Waals surface area contributed by atoms with Crippen LogP contribution >= 0.6 is 15.9 Å². The van der Waals surface area contributed by atoms with Crippen molar-refractivity contribution in [3.63, 3.8) is 0 Å². The summed E-state index contributed by atoms with van der Waals surface area (Å²) in [5.74, 6) is -0.0266. The number of nitrogens with one attached hydrogen (secondary N) is 1. The zero-order valence-corrected chi connectivity index (χ0v) is 8.54. The lowest BCUT2D eigenvalue weighted by atomic mass is 10.1. The second-order valence-corrected chi connectivity index (χ2v) is 3.42. The summed E-state index contributed by atoms with van der Waals surface area (Å²) >= 11 is 3.30. The van der Waals surface area contributed by atoms with Crippen molar-refractivity contribution in [3.05, 3.63) is 35.4 Å². The number of benzene rings is 1. The molecule has 1 aliphatic rings. The molecule has 0 fully saturated rings. The first-order valence-electron chi connectivity index (χ1n) is 4.01. The van der Waals surface area contributed by atoms with E-state index >= 15 is 0 Å². The average molecular weight is 241 g/mol. The number of halogens is 1. The van der Waals surface area contributed by atoms with Gasteiger partial charge in [-0.25, -0.2) is 5.01 Å². The second-order valence-electron chi connectivity index (χ2n) is 2.92. The van der Waals surface area contributed by atoms with Crippen molar-refractivity contribution in [2.75, 3.05) is 5.45 Å². The highest BCUT2D eigenvalue weighted by Crippen LogP contribution is 2.15. The Balaban J connectivity index is 2.37. The van der Waals surface area contributed by atoms with Gasteiger partial charge in [-0.1, -0.05) is 34.1 Å². The minimum absolute atomic E-state index is 0.0266. The molecule has 3 nitrogen and oxygen atoms in total. The maximum absolute atomic E-state index is 11.5. The van der Waals surface area contributed by atoms with Crippen molar-refractivity contribution in [1.29, 1.82) is 0 Å². The van der Waals surface area contributed by atoms with Gasteiger partial charge in [-0.3, -0.25) is 10.2 Å². The van der Waals surface area contributed by atoms with Crippen molar-refractivity contribution >= 4 is 21.8 Å². The topological polar surface area (TPSA) is 32.3 Å². The lowest BCUT2D eigenvalue weighted by Crippen LogP contribution is -2.45. The zero-order chi connectivity index (χ0) is 9.26. The summed E-state index contributed by atoms with van der Waals surface area (Å²) < 4.78 is 0. The van der Waals surface area contributed by atoms with Crippen molar-refractivity contribution in [3.8, 4) is 0 Å². The van der Waals surface area contributed by atoms with Gasteiger partial charge < -0.3 is 0 Å². The molecule has 1 heterocycles. The number of hydrogen-bond donors (Lipinski definition) is 1. The van der Waals surface area contributed by atoms with Crippen LogP contribution in [0, 0.1) is 0 Å². The van der Waals surface area contributed by atoms with E-state index in [0.29, 0.717) is 5.45 Å². The molecule has 0 aromatic heterocycles. The lowest BCUT2D eigenvalue weighted by molar-refractivity contribution is 0.0778. The summed E-state index contributed by atoms with van der Waals surface area (Å²) in [7, 11) is 0. The third-order valence-electron chi connectivity index (χ3n) is 2.03. The first-order valence-corrected chi connectivity index (χ1v) is 5.13. The number of carbonyl (C=O) groups is 1. The second kappa shape index (κ2) is 3.47. The molecule has 1 amide bonds. The van der Waals surface area contributed by atoms with Gasteiger partial charge in [-0.15, -0.1) is 0 Å². The number of hydrogen-bond acceptors (Lipinski definition) is 2. The maximum Gasteiger partial charge on any atom is 0.265 e. The quantitative estimate of drug-likeness (QED) is 0.596. The van der Waals surface area contributed by atoms with Crippen LogP contribution in [0.3, 0.4) is 0 Å². The standard InChI is InChI=1S/C9H9BrN2O/c10-6-12-5-7-3-1-2-4-8(7)9(13)11-12/h1-4H,5-6H2,(H,11,13). The fourth-order valence-electron chi connectivity index (χ4n) is 1.40. The van der Waals surface area contributed by atoms with Gasteiger partial charge in [-0.05, 0) is 11.6 Å². The minimum atomic E-state index is -0.0266. The molecule has 0 radical (unpaired) electrons. The summed E-state index contributed by atoms with van der Waals surface area (Å²) in [6, 6.07) is 7.64. The molecule has 68 valence electrons. The Kier molecular flexibility index (Phi) is 2.33. The van der Waals surface area contributed by atoms with E-state index in [1.165, 1.54) is 0 Å². The van der Waals surface area contributed by atoms with E-state index in [1.54, 1.807) is 0 Å². The number of rotatable bonds is 1. The molecule has 0 atom stereocenters. The summed E-state index contributed by atoms with van der Waals surface area (Å²) in [5.41, 5.74) is 5.27. The van der Waals surface area contributed by atoms with E-state index in [0.717, 1.165) is 17.7 Å². The van der Waals surface area contributed by atoms with E-state index in [1.807, 2.05) is 29.3 Å². The van der Waals surface area contributed by atoms with Gasteiger partial charge in [0.05, 0.1) is 5.45 Å². The largest absolute Gasteiger partial charge is 0.284 e. The van der Waals surface area contributed by atoms with Gasteiger partial charge in [0.2, 0.25) is 0 Å². The van der Waals surface area contributed by atoms with E-state index in [4.69, 9.17) is 0 Å². The molecule has 0 spiro atoms. The van der Waals surface area contributed by atoms with Crippen LogP contribution < -0.4 is 5.43 Å². The predicted molar refractivity (Wildman–Crippen MR) is 53.2 cm³/mol. The van der Waals surface area contributed by atoms with E-state index < -0.39 is 0 Å². The summed E-state index contributed by atoms with van der Waals surface area (Å²) in [6.07, 6.45) is 0. The van der Waals surface area contributed by atoms with Gasteiger partial charge >= 0.3 is 0 Å². The Morgan fingerprint density at radius 2 is 2.23 bits per heavy atom. The third kappa shape index (κ3) is 1.59. The van der Waals surface area contributed by atoms with Crippen molar-refractivity contribution in [2.45, 2.75) is 6.54 Å². The number of hydrazine groups is 1. The molecule has 4 heteroatoms. The Hall–Kier alpha value is -0.870. The predicted octanol–water partition coefficient (Wildman–Crippen LogP) is 1.50. The number of nitrogens with zero attached hydrogens (tertiary/aromatic N) is 1. The van der Waals surface area contributed by atoms with Crippen molar-refractivity contribution in [1.82, 2.24) is 10.4 Å². The zero-order valence-electron chi connectivity index (χ0n) is 6.96. The van der Waals surface area contributed by atoms with Gasteiger partial charge in [0.15, 0.2) is 0 Å². The highest BCUT2D eigenvalue weighted by molar-refractivity contribution is 9.09. The highest BCUT2D eigenvalue weighted by Gasteiger charge is 2.20. The minimum Gasteiger partial charge on any atom is -0.284 e. The number of alkyl halides is 1. The number of carbonyl (C=O) groups excluding carboxylic acids is 1. The van der Waals surface area contributed by atoms with Crippen LogP contribution in [0.15, 0.2) is 24.3 Å². The first-order chi connectivity index (χ1) is 6.31. The smallest absolute Gasteiger partial charge is 0.265 e. The Morgan fingerprint density at radius 1 is 1.46 bits per heavy atom. The molecule has 1 aromatic carbocycles. The fourth-order valence-corrected chi connectivity index (χ4v) is 1.70. The van der Waals surface area contributed by atoms with Gasteiger partial charge in [0.25, 0.3) is 5.91 Å². The fraction of sp³-hybridized carbons (Fsp3) is 0.222. The van der Waals surface area contributed by atoms with Crippen LogP contribution in [0.2, 0.25) is 0 Å². The Morgan fingerprint density at radius 3 is 3.00 bits per heavy atom. The summed E-state index contributed by atoms with van der Waals surface area (Å²) in [5, 5.41) is 1.82. The van der Waals surface area contributed by atoms with E-state index in [9.17, 15) is 4.79 Å². The van der Waals surface area contributed by atoms with Crippen LogP contribution in [0.1, 0.15) is 15.9 Å². The van der Waals surface area contributed by atoms with Crippen LogP contribution in [-0.4, -0.2) is 16.4 Å². The van der Waals surface area contributed by atoms with Crippen LogP contribution in [0.25, 0.3) is 0 Å². The maximum atomic E-state index is 11.5. The molecular formula is C9H9BrN2O. The monoisotopic (exact) mass is 240 g/mol. The van der Waals surface area contributed by atoms with E-state index in [2.05, 4.69) is 21.4 Å². The van der Waals surface area contributed by atoms with Crippen molar-refractivity contribution < 1.29 is 4.79 Å². The molecular weight excluding hydrogens is 232 g/mol. The molecule has 0 saturated carbocycles. The highest BCUT2D eigenvalue weighted by atomic mass is 79.9. The Bertz CT molecular complexity index is 340. The van der Waals surface area contributed by atoms with Crippen LogP contribution in [0.4, 0.5) is 0 Å².